The molecule has 0 heterocycles. The van der Waals surface area contributed by atoms with E-state index in [4.69, 9.17) is 4.74 Å². The zero-order chi connectivity index (χ0) is 14.1. The number of nitrogens with zero attached hydrogens (tertiary/aromatic N) is 1. The van der Waals surface area contributed by atoms with Gasteiger partial charge in [0, 0.05) is 13.1 Å². The summed E-state index contributed by atoms with van der Waals surface area (Å²) in [5.74, 6) is 1.06. The Morgan fingerprint density at radius 3 is 2.58 bits per heavy atom. The lowest BCUT2D eigenvalue weighted by Gasteiger charge is -2.18. The zero-order valence-corrected chi connectivity index (χ0v) is 12.1. The molecule has 1 aromatic carbocycles. The number of carbonyl (C=O) groups is 1. The summed E-state index contributed by atoms with van der Waals surface area (Å²) in [6.07, 6.45) is 0.857. The highest BCUT2D eigenvalue weighted by molar-refractivity contribution is 5.78. The van der Waals surface area contributed by atoms with Crippen LogP contribution in [0, 0.1) is 0 Å². The summed E-state index contributed by atoms with van der Waals surface area (Å²) >= 11 is 0. The molecule has 106 valence electrons. The largest absolute Gasteiger partial charge is 0.496 e. The van der Waals surface area contributed by atoms with Crippen molar-refractivity contribution in [3.63, 3.8) is 0 Å². The highest BCUT2D eigenvalue weighted by Gasteiger charge is 2.08. The topological polar surface area (TPSA) is 41.6 Å². The van der Waals surface area contributed by atoms with Crippen LogP contribution < -0.4 is 10.1 Å². The van der Waals surface area contributed by atoms with Crippen LogP contribution >= 0.6 is 0 Å². The molecule has 1 amide bonds. The van der Waals surface area contributed by atoms with Crippen LogP contribution in [0.1, 0.15) is 19.4 Å². The quantitative estimate of drug-likeness (QED) is 0.727. The number of carbonyl (C=O) groups excluding carboxylic acids is 1. The van der Waals surface area contributed by atoms with Gasteiger partial charge >= 0.3 is 0 Å². The molecule has 0 radical (unpaired) electrons. The Morgan fingerprint density at radius 2 is 1.95 bits per heavy atom. The van der Waals surface area contributed by atoms with E-state index in [0.29, 0.717) is 6.54 Å². The molecular weight excluding hydrogens is 240 g/mol. The maximum absolute atomic E-state index is 11.8. The number of ether oxygens (including phenoxy) is 1. The number of para-hydroxylation sites is 1. The minimum Gasteiger partial charge on any atom is -0.496 e. The fraction of sp³-hybridized carbons (Fsp3) is 0.533. The molecule has 19 heavy (non-hydrogen) atoms. The first kappa shape index (κ1) is 15.5. The van der Waals surface area contributed by atoms with Crippen LogP contribution in [0.5, 0.6) is 5.75 Å². The van der Waals surface area contributed by atoms with Gasteiger partial charge in [0.25, 0.3) is 0 Å². The molecule has 1 aromatic rings. The van der Waals surface area contributed by atoms with Crippen molar-refractivity contribution in [3.8, 4) is 5.75 Å². The number of nitrogens with one attached hydrogen (secondary N) is 1. The molecule has 1 N–H and O–H groups in total. The van der Waals surface area contributed by atoms with Crippen molar-refractivity contribution in [1.82, 2.24) is 10.2 Å². The molecule has 4 nitrogen and oxygen atoms in total. The summed E-state index contributed by atoms with van der Waals surface area (Å²) in [7, 11) is 1.68. The molecule has 0 saturated heterocycles. The van der Waals surface area contributed by atoms with Crippen LogP contribution in [0.4, 0.5) is 0 Å². The number of amides is 1. The van der Waals surface area contributed by atoms with Crippen molar-refractivity contribution in [1.29, 1.82) is 0 Å². The van der Waals surface area contributed by atoms with Crippen LogP contribution in [0.25, 0.3) is 0 Å². The SMILES string of the molecule is CCN(CC)C(=O)CNCCc1ccccc1OC. The Balaban J connectivity index is 2.33. The third-order valence-corrected chi connectivity index (χ3v) is 3.16. The van der Waals surface area contributed by atoms with Gasteiger partial charge in [-0.1, -0.05) is 18.2 Å². The average molecular weight is 264 g/mol. The molecule has 0 aliphatic heterocycles. The first-order valence-electron chi connectivity index (χ1n) is 6.83. The highest BCUT2D eigenvalue weighted by atomic mass is 16.5. The molecule has 0 aromatic heterocycles. The molecular formula is C15H24N2O2. The Hall–Kier alpha value is -1.55. The third-order valence-electron chi connectivity index (χ3n) is 3.16. The zero-order valence-electron chi connectivity index (χ0n) is 12.1. The van der Waals surface area contributed by atoms with Crippen LogP contribution in [-0.4, -0.2) is 44.1 Å². The molecule has 0 fully saturated rings. The standard InChI is InChI=1S/C15H24N2O2/c1-4-17(5-2)15(18)12-16-11-10-13-8-6-7-9-14(13)19-3/h6-9,16H,4-5,10-12H2,1-3H3. The number of benzene rings is 1. The van der Waals surface area contributed by atoms with E-state index >= 15 is 0 Å². The van der Waals surface area contributed by atoms with Crippen molar-refractivity contribution in [3.05, 3.63) is 29.8 Å². The third kappa shape index (κ3) is 4.91. The maximum Gasteiger partial charge on any atom is 0.236 e. The lowest BCUT2D eigenvalue weighted by atomic mass is 10.1. The van der Waals surface area contributed by atoms with Gasteiger partial charge in [0.05, 0.1) is 13.7 Å². The predicted octanol–water partition coefficient (Wildman–Crippen LogP) is 1.70. The van der Waals surface area contributed by atoms with Crippen molar-refractivity contribution in [2.45, 2.75) is 20.3 Å². The van der Waals surface area contributed by atoms with E-state index in [-0.39, 0.29) is 5.91 Å². The number of likely N-dealkylation sites (N-methyl/N-ethyl adjacent to an activating group) is 1. The highest BCUT2D eigenvalue weighted by Crippen LogP contribution is 2.17. The summed E-state index contributed by atoms with van der Waals surface area (Å²) in [5, 5.41) is 3.19. The van der Waals surface area contributed by atoms with Gasteiger partial charge in [0.1, 0.15) is 5.75 Å². The van der Waals surface area contributed by atoms with Gasteiger partial charge in [0.15, 0.2) is 0 Å². The van der Waals surface area contributed by atoms with E-state index in [9.17, 15) is 4.79 Å². The minimum atomic E-state index is 0.157. The second kappa shape index (κ2) is 8.53. The smallest absolute Gasteiger partial charge is 0.236 e. The molecule has 0 aliphatic carbocycles. The molecule has 0 unspecified atom stereocenters. The van der Waals surface area contributed by atoms with Crippen LogP contribution in [0.15, 0.2) is 24.3 Å². The van der Waals surface area contributed by atoms with Crippen LogP contribution in [-0.2, 0) is 11.2 Å². The number of rotatable bonds is 8. The maximum atomic E-state index is 11.8. The van der Waals surface area contributed by atoms with Gasteiger partial charge in [-0.2, -0.15) is 0 Å². The number of hydrogen-bond acceptors (Lipinski definition) is 3. The first-order chi connectivity index (χ1) is 9.22. The van der Waals surface area contributed by atoms with Gasteiger partial charge in [-0.3, -0.25) is 4.79 Å². The average Bonchev–Trinajstić information content (AvgIpc) is 2.45. The Labute approximate surface area is 115 Å². The van der Waals surface area contributed by atoms with Crippen LogP contribution in [0.2, 0.25) is 0 Å². The predicted molar refractivity (Wildman–Crippen MR) is 77.5 cm³/mol. The van der Waals surface area contributed by atoms with Crippen LogP contribution in [0.3, 0.4) is 0 Å². The first-order valence-corrected chi connectivity index (χ1v) is 6.83. The fourth-order valence-corrected chi connectivity index (χ4v) is 2.02. The lowest BCUT2D eigenvalue weighted by Crippen LogP contribution is -2.38. The van der Waals surface area contributed by atoms with E-state index in [1.54, 1.807) is 7.11 Å². The van der Waals surface area contributed by atoms with E-state index in [0.717, 1.165) is 37.4 Å². The van der Waals surface area contributed by atoms with E-state index in [2.05, 4.69) is 5.32 Å². The minimum absolute atomic E-state index is 0.157. The van der Waals surface area contributed by atoms with E-state index in [1.807, 2.05) is 43.0 Å². The van der Waals surface area contributed by atoms with Gasteiger partial charge in [0.2, 0.25) is 5.91 Å². The summed E-state index contributed by atoms with van der Waals surface area (Å²) < 4.78 is 5.29. The second-order valence-electron chi connectivity index (χ2n) is 4.30. The summed E-state index contributed by atoms with van der Waals surface area (Å²) in [4.78, 5) is 13.6. The molecule has 0 atom stereocenters. The van der Waals surface area contributed by atoms with Crippen molar-refractivity contribution in [2.24, 2.45) is 0 Å². The fourth-order valence-electron chi connectivity index (χ4n) is 2.02. The summed E-state index contributed by atoms with van der Waals surface area (Å²) in [5.41, 5.74) is 1.16. The normalized spacial score (nSPS) is 10.3. The van der Waals surface area contributed by atoms with Gasteiger partial charge in [-0.25, -0.2) is 0 Å². The molecule has 1 rings (SSSR count). The Morgan fingerprint density at radius 1 is 1.26 bits per heavy atom. The molecule has 0 spiro atoms. The van der Waals surface area contributed by atoms with Gasteiger partial charge in [-0.05, 0) is 38.4 Å². The molecule has 0 aliphatic rings. The van der Waals surface area contributed by atoms with Crippen molar-refractivity contribution >= 4 is 5.91 Å². The van der Waals surface area contributed by atoms with E-state index < -0.39 is 0 Å². The molecule has 0 saturated carbocycles. The van der Waals surface area contributed by atoms with Crippen molar-refractivity contribution in [2.75, 3.05) is 33.3 Å². The number of hydrogen-bond donors (Lipinski definition) is 1. The second-order valence-corrected chi connectivity index (χ2v) is 4.30. The van der Waals surface area contributed by atoms with Crippen molar-refractivity contribution < 1.29 is 9.53 Å². The lowest BCUT2D eigenvalue weighted by molar-refractivity contribution is -0.129. The Bertz CT molecular complexity index is 389. The summed E-state index contributed by atoms with van der Waals surface area (Å²) in [6.45, 7) is 6.70. The molecule has 0 bridgehead atoms. The Kier molecular flexibility index (Phi) is 6.97. The number of methoxy groups -OCH3 is 1. The monoisotopic (exact) mass is 264 g/mol. The summed E-state index contributed by atoms with van der Waals surface area (Å²) in [6, 6.07) is 7.96. The van der Waals surface area contributed by atoms with Gasteiger partial charge in [-0.15, -0.1) is 0 Å². The van der Waals surface area contributed by atoms with E-state index in [1.165, 1.54) is 0 Å². The molecule has 4 heteroatoms. The van der Waals surface area contributed by atoms with Gasteiger partial charge < -0.3 is 15.0 Å².